The van der Waals surface area contributed by atoms with Crippen LogP contribution in [0.3, 0.4) is 0 Å². The lowest BCUT2D eigenvalue weighted by Gasteiger charge is -2.04. The molecule has 0 N–H and O–H groups in total. The summed E-state index contributed by atoms with van der Waals surface area (Å²) in [4.78, 5) is 12.7. The van der Waals surface area contributed by atoms with E-state index in [9.17, 15) is 4.79 Å². The first-order valence-corrected chi connectivity index (χ1v) is 11.0. The van der Waals surface area contributed by atoms with Crippen molar-refractivity contribution in [2.24, 2.45) is 0 Å². The summed E-state index contributed by atoms with van der Waals surface area (Å²) in [7, 11) is 0. The number of hydrogen-bond acceptors (Lipinski definition) is 8. The number of Topliss-reactive ketones (excluding diaryl/α,β-unsaturated/α-hetero) is 1. The lowest BCUT2D eigenvalue weighted by molar-refractivity contribution is 0.102. The van der Waals surface area contributed by atoms with Gasteiger partial charge in [0.25, 0.3) is 0 Å². The van der Waals surface area contributed by atoms with Crippen molar-refractivity contribution in [1.82, 2.24) is 19.9 Å². The molecule has 0 aliphatic rings. The molecule has 26 heavy (non-hydrogen) atoms. The first-order chi connectivity index (χ1) is 12.5. The zero-order chi connectivity index (χ0) is 18.7. The molecule has 0 fully saturated rings. The number of carbonyl (C=O) groups is 1. The molecule has 3 rings (SSSR count). The zero-order valence-corrected chi connectivity index (χ0v) is 17.6. The first kappa shape index (κ1) is 19.2. The van der Waals surface area contributed by atoms with E-state index in [-0.39, 0.29) is 5.78 Å². The maximum atomic E-state index is 12.7. The third-order valence-corrected chi connectivity index (χ3v) is 7.12. The van der Waals surface area contributed by atoms with Crippen LogP contribution in [0.1, 0.15) is 40.9 Å². The van der Waals surface area contributed by atoms with Gasteiger partial charge in [-0.05, 0) is 33.3 Å². The summed E-state index contributed by atoms with van der Waals surface area (Å²) >= 11 is 4.69. The van der Waals surface area contributed by atoms with Crippen molar-refractivity contribution < 1.29 is 9.32 Å². The Morgan fingerprint density at radius 1 is 1.19 bits per heavy atom. The average Bonchev–Trinajstić information content (AvgIpc) is 3.30. The average molecular weight is 409 g/mol. The van der Waals surface area contributed by atoms with Crippen LogP contribution in [0.2, 0.25) is 0 Å². The summed E-state index contributed by atoms with van der Waals surface area (Å²) in [5.41, 5.74) is 2.54. The minimum Gasteiger partial charge on any atom is -0.360 e. The van der Waals surface area contributed by atoms with E-state index in [1.807, 2.05) is 37.5 Å². The molecule has 3 aromatic heterocycles. The maximum Gasteiger partial charge on any atom is 0.180 e. The number of thioether (sulfide) groups is 2. The van der Waals surface area contributed by atoms with Gasteiger partial charge in [-0.3, -0.25) is 9.36 Å². The molecule has 0 aliphatic heterocycles. The Bertz CT molecular complexity index is 913. The van der Waals surface area contributed by atoms with Crippen LogP contribution in [0.25, 0.3) is 5.82 Å². The van der Waals surface area contributed by atoms with Crippen molar-refractivity contribution >= 4 is 40.6 Å². The SMILES string of the molecule is CCCSc1nnc(SCC(=O)c2cc(C)n(-c3cc(C)on3)c2C)s1. The van der Waals surface area contributed by atoms with E-state index in [4.69, 9.17) is 4.52 Å². The van der Waals surface area contributed by atoms with Gasteiger partial charge in [-0.15, -0.1) is 10.2 Å². The minimum absolute atomic E-state index is 0.0764. The van der Waals surface area contributed by atoms with E-state index in [1.54, 1.807) is 23.1 Å². The number of hydrogen-bond donors (Lipinski definition) is 0. The molecule has 0 spiro atoms. The molecule has 0 saturated heterocycles. The third-order valence-electron chi connectivity index (χ3n) is 3.72. The summed E-state index contributed by atoms with van der Waals surface area (Å²) in [6.07, 6.45) is 1.10. The van der Waals surface area contributed by atoms with Crippen molar-refractivity contribution in [2.45, 2.75) is 42.8 Å². The summed E-state index contributed by atoms with van der Waals surface area (Å²) in [5.74, 6) is 2.89. The number of nitrogens with zero attached hydrogens (tertiary/aromatic N) is 4. The van der Waals surface area contributed by atoms with E-state index in [0.717, 1.165) is 38.0 Å². The van der Waals surface area contributed by atoms with E-state index in [0.29, 0.717) is 17.1 Å². The molecule has 9 heteroatoms. The van der Waals surface area contributed by atoms with Gasteiger partial charge in [0.05, 0.1) is 5.75 Å². The van der Waals surface area contributed by atoms with Gasteiger partial charge >= 0.3 is 0 Å². The molecule has 0 bridgehead atoms. The molecule has 3 heterocycles. The van der Waals surface area contributed by atoms with Gasteiger partial charge in [-0.25, -0.2) is 0 Å². The first-order valence-electron chi connectivity index (χ1n) is 8.24. The predicted octanol–water partition coefficient (Wildman–Crippen LogP) is 4.72. The number of rotatable bonds is 8. The molecular formula is C17H20N4O2S3. The van der Waals surface area contributed by atoms with Crippen molar-refractivity contribution in [3.05, 3.63) is 34.8 Å². The zero-order valence-electron chi connectivity index (χ0n) is 15.1. The lowest BCUT2D eigenvalue weighted by Crippen LogP contribution is -2.05. The molecule has 0 aromatic carbocycles. The summed E-state index contributed by atoms with van der Waals surface area (Å²) in [5, 5.41) is 12.4. The Labute approximate surface area is 164 Å². The van der Waals surface area contributed by atoms with Crippen molar-refractivity contribution in [3.8, 4) is 5.82 Å². The van der Waals surface area contributed by atoms with Crippen LogP contribution in [0.5, 0.6) is 0 Å². The second-order valence-corrected chi connectivity index (χ2v) is 9.35. The Morgan fingerprint density at radius 2 is 1.92 bits per heavy atom. The third kappa shape index (κ3) is 4.21. The molecule has 0 saturated carbocycles. The second-order valence-electron chi connectivity index (χ2n) is 5.81. The van der Waals surface area contributed by atoms with Crippen molar-refractivity contribution in [1.29, 1.82) is 0 Å². The molecule has 3 aromatic rings. The highest BCUT2D eigenvalue weighted by Crippen LogP contribution is 2.30. The Morgan fingerprint density at radius 3 is 2.58 bits per heavy atom. The molecule has 0 amide bonds. The normalized spacial score (nSPS) is 11.2. The topological polar surface area (TPSA) is 73.8 Å². The molecule has 0 aliphatic carbocycles. The van der Waals surface area contributed by atoms with Crippen LogP contribution in [-0.4, -0.2) is 37.2 Å². The van der Waals surface area contributed by atoms with E-state index in [2.05, 4.69) is 22.3 Å². The fraction of sp³-hybridized carbons (Fsp3) is 0.412. The van der Waals surface area contributed by atoms with Gasteiger partial charge < -0.3 is 4.52 Å². The van der Waals surface area contributed by atoms with Crippen LogP contribution in [0.15, 0.2) is 25.3 Å². The number of aromatic nitrogens is 4. The van der Waals surface area contributed by atoms with Crippen LogP contribution in [-0.2, 0) is 0 Å². The molecule has 0 atom stereocenters. The summed E-state index contributed by atoms with van der Waals surface area (Å²) in [6, 6.07) is 3.77. The van der Waals surface area contributed by atoms with Crippen LogP contribution < -0.4 is 0 Å². The van der Waals surface area contributed by atoms with Gasteiger partial charge in [0, 0.05) is 28.8 Å². The maximum absolute atomic E-state index is 12.7. The highest BCUT2D eigenvalue weighted by atomic mass is 32.2. The predicted molar refractivity (Wildman–Crippen MR) is 106 cm³/mol. The van der Waals surface area contributed by atoms with Gasteiger partial charge in [0.2, 0.25) is 0 Å². The monoisotopic (exact) mass is 408 g/mol. The van der Waals surface area contributed by atoms with Crippen LogP contribution in [0, 0.1) is 20.8 Å². The van der Waals surface area contributed by atoms with Crippen molar-refractivity contribution in [2.75, 3.05) is 11.5 Å². The Balaban J connectivity index is 1.69. The van der Waals surface area contributed by atoms with Crippen LogP contribution in [0.4, 0.5) is 0 Å². The van der Waals surface area contributed by atoms with E-state index >= 15 is 0 Å². The van der Waals surface area contributed by atoms with E-state index in [1.165, 1.54) is 11.8 Å². The number of ketones is 1. The quantitative estimate of drug-likeness (QED) is 0.394. The smallest absolute Gasteiger partial charge is 0.180 e. The molecule has 138 valence electrons. The van der Waals surface area contributed by atoms with Gasteiger partial charge in [0.1, 0.15) is 5.76 Å². The number of carbonyl (C=O) groups excluding carboxylic acids is 1. The highest BCUT2D eigenvalue weighted by molar-refractivity contribution is 8.03. The van der Waals surface area contributed by atoms with E-state index < -0.39 is 0 Å². The number of aryl methyl sites for hydroxylation is 2. The molecular weight excluding hydrogens is 388 g/mol. The molecule has 0 radical (unpaired) electrons. The lowest BCUT2D eigenvalue weighted by atomic mass is 10.2. The van der Waals surface area contributed by atoms with Gasteiger partial charge in [0.15, 0.2) is 20.3 Å². The second kappa shape index (κ2) is 8.41. The minimum atomic E-state index is 0.0764. The van der Waals surface area contributed by atoms with Crippen molar-refractivity contribution in [3.63, 3.8) is 0 Å². The largest absolute Gasteiger partial charge is 0.360 e. The Hall–Kier alpha value is -1.58. The summed E-state index contributed by atoms with van der Waals surface area (Å²) in [6.45, 7) is 7.88. The van der Waals surface area contributed by atoms with Gasteiger partial charge in [-0.1, -0.05) is 46.9 Å². The van der Waals surface area contributed by atoms with Gasteiger partial charge in [-0.2, -0.15) is 0 Å². The molecule has 6 nitrogen and oxygen atoms in total. The Kier molecular flexibility index (Phi) is 6.20. The standard InChI is InChI=1S/C17H20N4O2S3/c1-5-6-24-16-18-19-17(26-16)25-9-14(22)13-7-10(2)21(12(13)4)15-8-11(3)23-20-15/h7-8H,5-6,9H2,1-4H3. The van der Waals surface area contributed by atoms with Crippen LogP contribution >= 0.6 is 34.9 Å². The summed E-state index contributed by atoms with van der Waals surface area (Å²) < 4.78 is 8.89. The molecule has 0 unspecified atom stereocenters. The fourth-order valence-electron chi connectivity index (χ4n) is 2.56. The fourth-order valence-corrected chi connectivity index (χ4v) is 5.39. The highest BCUT2D eigenvalue weighted by Gasteiger charge is 2.19.